The van der Waals surface area contributed by atoms with E-state index >= 15 is 0 Å². The van der Waals surface area contributed by atoms with Gasteiger partial charge in [0.15, 0.2) is 0 Å². The number of rotatable bonds is 18. The summed E-state index contributed by atoms with van der Waals surface area (Å²) >= 11 is 5.98. The van der Waals surface area contributed by atoms with Crippen LogP contribution in [0.2, 0.25) is 5.02 Å². The molecule has 0 radical (unpaired) electrons. The zero-order valence-corrected chi connectivity index (χ0v) is 29.2. The number of benzene rings is 2. The predicted octanol–water partition coefficient (Wildman–Crippen LogP) is 11.6. The number of carbonyl (C=O) groups excluding carboxylic acids is 2. The van der Waals surface area contributed by atoms with Crippen LogP contribution >= 0.6 is 11.6 Å². The molecule has 0 bridgehead atoms. The highest BCUT2D eigenvalue weighted by Crippen LogP contribution is 2.32. The number of esters is 1. The predicted molar refractivity (Wildman–Crippen MR) is 192 cm³/mol. The van der Waals surface area contributed by atoms with E-state index < -0.39 is 24.3 Å². The number of alkyl halides is 3. The summed E-state index contributed by atoms with van der Waals surface area (Å²) in [5, 5.41) is 0.959. The van der Waals surface area contributed by atoms with Crippen LogP contribution in [-0.4, -0.2) is 29.7 Å². The Labute approximate surface area is 292 Å². The summed E-state index contributed by atoms with van der Waals surface area (Å²) in [4.78, 5) is 26.4. The van der Waals surface area contributed by atoms with E-state index in [1.165, 1.54) is 30.9 Å². The number of halogens is 4. The van der Waals surface area contributed by atoms with Crippen molar-refractivity contribution in [2.75, 3.05) is 7.11 Å². The van der Waals surface area contributed by atoms with Gasteiger partial charge in [0.1, 0.15) is 5.75 Å². The van der Waals surface area contributed by atoms with Crippen LogP contribution in [0.25, 0.3) is 10.9 Å². The van der Waals surface area contributed by atoms with Crippen molar-refractivity contribution >= 4 is 34.4 Å². The number of aromatic nitrogens is 1. The van der Waals surface area contributed by atoms with E-state index in [1.807, 2.05) is 12.2 Å². The van der Waals surface area contributed by atoms with Crippen molar-refractivity contribution < 1.29 is 32.2 Å². The first-order valence-corrected chi connectivity index (χ1v) is 17.0. The Morgan fingerprint density at radius 3 is 2.04 bits per heavy atom. The summed E-state index contributed by atoms with van der Waals surface area (Å²) in [6.07, 6.45) is 19.7. The Hall–Kier alpha value is -4.30. The van der Waals surface area contributed by atoms with Crippen molar-refractivity contribution in [1.82, 2.24) is 4.57 Å². The minimum Gasteiger partial charge on any atom is -0.497 e. The van der Waals surface area contributed by atoms with E-state index in [9.17, 15) is 22.8 Å². The Morgan fingerprint density at radius 1 is 0.837 bits per heavy atom. The number of nitrogens with zero attached hydrogens (tertiary/aromatic N) is 1. The van der Waals surface area contributed by atoms with Gasteiger partial charge < -0.3 is 9.47 Å². The number of fused-ring (bicyclic) bond motifs is 1. The summed E-state index contributed by atoms with van der Waals surface area (Å²) in [5.41, 5.74) is 1.60. The Bertz CT molecular complexity index is 1680. The molecule has 0 amide bonds. The molecule has 0 spiro atoms. The molecule has 1 aromatic heterocycles. The lowest BCUT2D eigenvalue weighted by Crippen LogP contribution is -2.20. The van der Waals surface area contributed by atoms with E-state index in [2.05, 4.69) is 37.3 Å². The van der Waals surface area contributed by atoms with Crippen LogP contribution in [0.5, 0.6) is 5.75 Å². The van der Waals surface area contributed by atoms with Gasteiger partial charge >= 0.3 is 12.1 Å². The molecular formula is C40H45ClF3NO4. The number of methoxy groups -OCH3 is 1. The van der Waals surface area contributed by atoms with Crippen LogP contribution < -0.4 is 4.74 Å². The fourth-order valence-corrected chi connectivity index (χ4v) is 5.31. The molecular weight excluding hydrogens is 651 g/mol. The molecule has 0 unspecified atom stereocenters. The molecule has 3 rings (SSSR count). The summed E-state index contributed by atoms with van der Waals surface area (Å²) < 4.78 is 53.1. The topological polar surface area (TPSA) is 57.5 Å². The molecule has 0 atom stereocenters. The number of hydrogen-bond donors (Lipinski definition) is 0. The van der Waals surface area contributed by atoms with Gasteiger partial charge in [0, 0.05) is 21.7 Å². The second-order valence-corrected chi connectivity index (χ2v) is 11.9. The Balaban J connectivity index is 1.59. The quantitative estimate of drug-likeness (QED) is 0.0575. The van der Waals surface area contributed by atoms with Gasteiger partial charge in [0.05, 0.1) is 19.0 Å². The molecule has 1 heterocycles. The maximum atomic E-state index is 13.8. The molecule has 49 heavy (non-hydrogen) atoms. The van der Waals surface area contributed by atoms with Crippen molar-refractivity contribution in [2.45, 2.75) is 84.2 Å². The first kappa shape index (κ1) is 39.1. The highest BCUT2D eigenvalue weighted by molar-refractivity contribution is 6.30. The molecule has 0 aliphatic carbocycles. The van der Waals surface area contributed by atoms with Crippen LogP contribution in [0.1, 0.15) is 86.3 Å². The molecule has 5 nitrogen and oxygen atoms in total. The van der Waals surface area contributed by atoms with Crippen molar-refractivity contribution in [3.8, 4) is 5.75 Å². The fraction of sp³-hybridized carbons (Fsp3) is 0.350. The number of ether oxygens (including phenoxy) is 2. The molecule has 3 aromatic rings. The first-order valence-electron chi connectivity index (χ1n) is 16.6. The Kier molecular flexibility index (Phi) is 16.2. The molecule has 262 valence electrons. The molecule has 0 N–H and O–H groups in total. The van der Waals surface area contributed by atoms with Crippen LogP contribution in [0.3, 0.4) is 0 Å². The largest absolute Gasteiger partial charge is 0.497 e. The summed E-state index contributed by atoms with van der Waals surface area (Å²) in [7, 11) is 1.47. The average molecular weight is 696 g/mol. The zero-order chi connectivity index (χ0) is 35.6. The molecule has 0 aliphatic heterocycles. The zero-order valence-electron chi connectivity index (χ0n) is 28.4. The van der Waals surface area contributed by atoms with Gasteiger partial charge in [0.25, 0.3) is 5.91 Å². The van der Waals surface area contributed by atoms with Crippen LogP contribution in [0, 0.1) is 6.92 Å². The van der Waals surface area contributed by atoms with Crippen molar-refractivity contribution in [3.63, 3.8) is 0 Å². The SMILES string of the molecule is CCCCC/C=C\C/C=C\C/C=C\C/C=C\CC/C=C(/OC(=O)Cc1c(C)n(C(=O)c2ccc(Cl)cc2)c2ccc(OC)cc12)C(F)(F)F. The van der Waals surface area contributed by atoms with Gasteiger partial charge in [0.2, 0.25) is 5.76 Å². The molecule has 9 heteroatoms. The molecule has 0 saturated carbocycles. The van der Waals surface area contributed by atoms with Gasteiger partial charge in [-0.05, 0) is 106 Å². The standard InChI is InChI=1S/C40H45ClF3NO4/c1-4-5-6-7-8-9-10-11-12-13-14-15-16-17-18-19-20-21-37(40(42,43)44)49-38(46)29-34-30(2)45(36-27-26-33(48-3)28-35(34)36)39(47)31-22-24-32(41)25-23-31/h8-9,11-12,14-15,17-18,21-28H,4-7,10,13,16,19-20,29H2,1-3H3/b9-8-,12-11-,15-14-,18-17-,37-21+. The summed E-state index contributed by atoms with van der Waals surface area (Å²) in [6, 6.07) is 11.3. The lowest BCUT2D eigenvalue weighted by molar-refractivity contribution is -0.159. The van der Waals surface area contributed by atoms with Crippen LogP contribution in [0.4, 0.5) is 13.2 Å². The third kappa shape index (κ3) is 12.6. The van der Waals surface area contributed by atoms with E-state index in [-0.39, 0.29) is 12.3 Å². The van der Waals surface area contributed by atoms with E-state index in [4.69, 9.17) is 21.1 Å². The lowest BCUT2D eigenvalue weighted by atomic mass is 10.1. The average Bonchev–Trinajstić information content (AvgIpc) is 3.34. The third-order valence-corrected chi connectivity index (χ3v) is 8.03. The number of allylic oxidation sites excluding steroid dienone is 10. The number of hydrogen-bond acceptors (Lipinski definition) is 4. The van der Waals surface area contributed by atoms with Gasteiger partial charge in [-0.1, -0.05) is 80.0 Å². The first-order chi connectivity index (χ1) is 23.6. The van der Waals surface area contributed by atoms with Gasteiger partial charge in [-0.2, -0.15) is 13.2 Å². The summed E-state index contributed by atoms with van der Waals surface area (Å²) in [5.74, 6) is -2.36. The third-order valence-electron chi connectivity index (χ3n) is 7.78. The minimum absolute atomic E-state index is 0.0438. The second kappa shape index (κ2) is 20.3. The molecule has 0 saturated heterocycles. The van der Waals surface area contributed by atoms with Crippen molar-refractivity contribution in [1.29, 1.82) is 0 Å². The van der Waals surface area contributed by atoms with Gasteiger partial charge in [-0.25, -0.2) is 0 Å². The number of carbonyl (C=O) groups is 2. The summed E-state index contributed by atoms with van der Waals surface area (Å²) in [6.45, 7) is 3.83. The van der Waals surface area contributed by atoms with Gasteiger partial charge in [-0.15, -0.1) is 0 Å². The highest BCUT2D eigenvalue weighted by atomic mass is 35.5. The van der Waals surface area contributed by atoms with Crippen molar-refractivity contribution in [3.05, 3.63) is 125 Å². The lowest BCUT2D eigenvalue weighted by Gasteiger charge is -2.12. The van der Waals surface area contributed by atoms with Crippen LogP contribution in [-0.2, 0) is 16.0 Å². The normalized spacial score (nSPS) is 12.8. The van der Waals surface area contributed by atoms with Gasteiger partial charge in [-0.3, -0.25) is 14.2 Å². The van der Waals surface area contributed by atoms with Crippen LogP contribution in [0.15, 0.2) is 103 Å². The monoisotopic (exact) mass is 695 g/mol. The van der Waals surface area contributed by atoms with E-state index in [0.29, 0.717) is 51.3 Å². The molecule has 2 aromatic carbocycles. The minimum atomic E-state index is -4.85. The Morgan fingerprint density at radius 2 is 1.45 bits per heavy atom. The van der Waals surface area contributed by atoms with Crippen molar-refractivity contribution in [2.24, 2.45) is 0 Å². The van der Waals surface area contributed by atoms with E-state index in [1.54, 1.807) is 55.5 Å². The second-order valence-electron chi connectivity index (χ2n) is 11.5. The highest BCUT2D eigenvalue weighted by Gasteiger charge is 2.37. The molecule has 0 fully saturated rings. The molecule has 0 aliphatic rings. The fourth-order valence-electron chi connectivity index (χ4n) is 5.19. The maximum absolute atomic E-state index is 13.8. The smallest absolute Gasteiger partial charge is 0.449 e. The van der Waals surface area contributed by atoms with E-state index in [0.717, 1.165) is 25.3 Å². The number of unbranched alkanes of at least 4 members (excludes halogenated alkanes) is 4. The maximum Gasteiger partial charge on any atom is 0.449 e.